The lowest BCUT2D eigenvalue weighted by molar-refractivity contribution is -0.117. The summed E-state index contributed by atoms with van der Waals surface area (Å²) in [7, 11) is 0. The van der Waals surface area contributed by atoms with Crippen LogP contribution < -0.4 is 5.73 Å². The first-order chi connectivity index (χ1) is 13.5. The summed E-state index contributed by atoms with van der Waals surface area (Å²) in [5, 5.41) is 9.60. The quantitative estimate of drug-likeness (QED) is 0.848. The van der Waals surface area contributed by atoms with Crippen molar-refractivity contribution in [2.45, 2.75) is 31.6 Å². The molecular formula is C23H19FN2O2. The van der Waals surface area contributed by atoms with Gasteiger partial charge in [-0.15, -0.1) is 0 Å². The van der Waals surface area contributed by atoms with E-state index in [1.54, 1.807) is 12.1 Å². The molecule has 0 saturated carbocycles. The van der Waals surface area contributed by atoms with Gasteiger partial charge in [-0.3, -0.25) is 4.79 Å². The van der Waals surface area contributed by atoms with Crippen molar-refractivity contribution in [2.75, 3.05) is 0 Å². The number of ether oxygens (including phenoxy) is 1. The van der Waals surface area contributed by atoms with Gasteiger partial charge in [-0.25, -0.2) is 4.39 Å². The zero-order chi connectivity index (χ0) is 19.8. The normalized spacial score (nSPS) is 21.8. The first kappa shape index (κ1) is 18.0. The van der Waals surface area contributed by atoms with Crippen LogP contribution in [0, 0.1) is 24.1 Å². The average molecular weight is 374 g/mol. The van der Waals surface area contributed by atoms with Gasteiger partial charge in [0.05, 0.1) is 5.92 Å². The summed E-state index contributed by atoms with van der Waals surface area (Å²) in [4.78, 5) is 13.1. The van der Waals surface area contributed by atoms with Crippen LogP contribution in [0.1, 0.15) is 41.4 Å². The lowest BCUT2D eigenvalue weighted by Crippen LogP contribution is -2.29. The van der Waals surface area contributed by atoms with E-state index in [2.05, 4.69) is 6.07 Å². The Bertz CT molecular complexity index is 1040. The monoisotopic (exact) mass is 374 g/mol. The van der Waals surface area contributed by atoms with Crippen LogP contribution in [0.25, 0.3) is 0 Å². The first-order valence-electron chi connectivity index (χ1n) is 9.13. The number of allylic oxidation sites excluding steroid dienone is 3. The third-order valence-electron chi connectivity index (χ3n) is 5.41. The minimum absolute atomic E-state index is 0.00264. The number of carbonyl (C=O) groups excluding carboxylic acids is 1. The van der Waals surface area contributed by atoms with Crippen molar-refractivity contribution in [1.29, 1.82) is 5.26 Å². The molecule has 28 heavy (non-hydrogen) atoms. The van der Waals surface area contributed by atoms with Gasteiger partial charge < -0.3 is 10.5 Å². The molecule has 0 spiro atoms. The van der Waals surface area contributed by atoms with Gasteiger partial charge in [0.1, 0.15) is 23.2 Å². The molecule has 4 rings (SSSR count). The summed E-state index contributed by atoms with van der Waals surface area (Å²) in [6.07, 6.45) is 0.864. The van der Waals surface area contributed by atoms with Crippen molar-refractivity contribution < 1.29 is 13.9 Å². The smallest absolute Gasteiger partial charge is 0.205 e. The number of nitriles is 1. The second-order valence-corrected chi connectivity index (χ2v) is 7.25. The molecule has 4 nitrogen and oxygen atoms in total. The maximum Gasteiger partial charge on any atom is 0.205 e. The zero-order valence-corrected chi connectivity index (χ0v) is 15.4. The van der Waals surface area contributed by atoms with E-state index in [4.69, 9.17) is 10.5 Å². The highest BCUT2D eigenvalue weighted by Gasteiger charge is 2.40. The van der Waals surface area contributed by atoms with E-state index in [1.807, 2.05) is 31.2 Å². The lowest BCUT2D eigenvalue weighted by atomic mass is 9.73. The van der Waals surface area contributed by atoms with Gasteiger partial charge in [-0.05, 0) is 36.1 Å². The topological polar surface area (TPSA) is 76.1 Å². The fraction of sp³-hybridized carbons (Fsp3) is 0.217. The molecule has 2 aromatic carbocycles. The molecule has 2 aromatic rings. The van der Waals surface area contributed by atoms with Crippen molar-refractivity contribution in [3.8, 4) is 6.07 Å². The summed E-state index contributed by atoms with van der Waals surface area (Å²) < 4.78 is 19.1. The summed E-state index contributed by atoms with van der Waals surface area (Å²) in [6.45, 7) is 2.02. The van der Waals surface area contributed by atoms with E-state index in [-0.39, 0.29) is 29.0 Å². The van der Waals surface area contributed by atoms with Crippen LogP contribution >= 0.6 is 0 Å². The van der Waals surface area contributed by atoms with Crippen molar-refractivity contribution in [2.24, 2.45) is 5.73 Å². The summed E-state index contributed by atoms with van der Waals surface area (Å²) >= 11 is 0. The number of nitrogens with two attached hydrogens (primary N) is 1. The van der Waals surface area contributed by atoms with E-state index in [0.717, 1.165) is 11.1 Å². The van der Waals surface area contributed by atoms with Crippen LogP contribution in [0.4, 0.5) is 4.39 Å². The third kappa shape index (κ3) is 3.07. The molecule has 1 aliphatic carbocycles. The van der Waals surface area contributed by atoms with Crippen LogP contribution in [0.5, 0.6) is 0 Å². The molecule has 2 N–H and O–H groups in total. The molecule has 0 aromatic heterocycles. The maximum atomic E-state index is 13.4. The van der Waals surface area contributed by atoms with Gasteiger partial charge >= 0.3 is 0 Å². The highest BCUT2D eigenvalue weighted by Crippen LogP contribution is 2.46. The molecular weight excluding hydrogens is 355 g/mol. The zero-order valence-electron chi connectivity index (χ0n) is 15.4. The van der Waals surface area contributed by atoms with Crippen LogP contribution in [-0.2, 0) is 9.53 Å². The Morgan fingerprint density at radius 3 is 2.36 bits per heavy atom. The van der Waals surface area contributed by atoms with E-state index in [0.29, 0.717) is 29.7 Å². The Morgan fingerprint density at radius 1 is 1.07 bits per heavy atom. The number of rotatable bonds is 2. The van der Waals surface area contributed by atoms with Crippen molar-refractivity contribution >= 4 is 5.78 Å². The average Bonchev–Trinajstić information content (AvgIpc) is 2.68. The molecule has 1 heterocycles. The lowest BCUT2D eigenvalue weighted by Gasteiger charge is -2.34. The molecule has 0 unspecified atom stereocenters. The molecule has 0 fully saturated rings. The standard InChI is InChI=1S/C23H19FN2O2/c1-13-2-4-14(5-3-13)16-10-19(27)22-20(11-16)28-23(26)18(12-25)21(22)15-6-8-17(24)9-7-15/h2-9,16,21H,10-11,26H2,1H3/t16-,21-/m1/s1. The van der Waals surface area contributed by atoms with Gasteiger partial charge in [-0.1, -0.05) is 42.0 Å². The van der Waals surface area contributed by atoms with E-state index in [9.17, 15) is 14.4 Å². The second kappa shape index (κ2) is 6.97. The van der Waals surface area contributed by atoms with E-state index >= 15 is 0 Å². The third-order valence-corrected chi connectivity index (χ3v) is 5.41. The van der Waals surface area contributed by atoms with E-state index < -0.39 is 5.92 Å². The van der Waals surface area contributed by atoms with Crippen LogP contribution in [-0.4, -0.2) is 5.78 Å². The van der Waals surface area contributed by atoms with Gasteiger partial charge in [0.25, 0.3) is 0 Å². The minimum Gasteiger partial charge on any atom is -0.444 e. The van der Waals surface area contributed by atoms with Gasteiger partial charge in [0.15, 0.2) is 5.78 Å². The maximum absolute atomic E-state index is 13.4. The largest absolute Gasteiger partial charge is 0.444 e. The van der Waals surface area contributed by atoms with E-state index in [1.165, 1.54) is 12.1 Å². The SMILES string of the molecule is Cc1ccc([C@@H]2CC(=O)C3=C(C2)OC(N)=C(C#N)[C@H]3c2ccc(F)cc2)cc1. The number of nitrogens with zero attached hydrogens (tertiary/aromatic N) is 1. The first-order valence-corrected chi connectivity index (χ1v) is 9.13. The fourth-order valence-electron chi connectivity index (χ4n) is 3.97. The Balaban J connectivity index is 1.77. The van der Waals surface area contributed by atoms with Gasteiger partial charge in [0.2, 0.25) is 5.88 Å². The van der Waals surface area contributed by atoms with Crippen molar-refractivity contribution in [3.63, 3.8) is 0 Å². The second-order valence-electron chi connectivity index (χ2n) is 7.25. The Labute approximate surface area is 162 Å². The summed E-state index contributed by atoms with van der Waals surface area (Å²) in [5.41, 5.74) is 9.54. The molecule has 1 aliphatic heterocycles. The van der Waals surface area contributed by atoms with Crippen molar-refractivity contribution in [3.05, 3.63) is 93.8 Å². The number of Topliss-reactive ketones (excluding diaryl/α,β-unsaturated/α-hetero) is 1. The molecule has 0 saturated heterocycles. The number of halogens is 1. The molecule has 0 amide bonds. The number of hydrogen-bond donors (Lipinski definition) is 1. The Kier molecular flexibility index (Phi) is 4.48. The molecule has 2 atom stereocenters. The Morgan fingerprint density at radius 2 is 1.71 bits per heavy atom. The number of carbonyl (C=O) groups is 1. The number of aryl methyl sites for hydroxylation is 1. The van der Waals surface area contributed by atoms with Gasteiger partial charge in [0, 0.05) is 18.4 Å². The fourth-order valence-corrected chi connectivity index (χ4v) is 3.97. The number of ketones is 1. The van der Waals surface area contributed by atoms with Crippen molar-refractivity contribution in [1.82, 2.24) is 0 Å². The summed E-state index contributed by atoms with van der Waals surface area (Å²) in [5.74, 6) is -0.560. The number of hydrogen-bond acceptors (Lipinski definition) is 4. The number of benzene rings is 2. The molecule has 0 bridgehead atoms. The van der Waals surface area contributed by atoms with Crippen LogP contribution in [0.3, 0.4) is 0 Å². The molecule has 140 valence electrons. The highest BCUT2D eigenvalue weighted by molar-refractivity contribution is 6.00. The molecule has 0 radical (unpaired) electrons. The Hall–Kier alpha value is -3.39. The highest BCUT2D eigenvalue weighted by atomic mass is 19.1. The van der Waals surface area contributed by atoms with Crippen LogP contribution in [0.2, 0.25) is 0 Å². The predicted molar refractivity (Wildman–Crippen MR) is 102 cm³/mol. The van der Waals surface area contributed by atoms with Crippen LogP contribution in [0.15, 0.2) is 71.3 Å². The van der Waals surface area contributed by atoms with Gasteiger partial charge in [-0.2, -0.15) is 5.26 Å². The minimum atomic E-state index is -0.624. The summed E-state index contributed by atoms with van der Waals surface area (Å²) in [6, 6.07) is 16.0. The molecule has 5 heteroatoms. The predicted octanol–water partition coefficient (Wildman–Crippen LogP) is 4.34. The molecule has 2 aliphatic rings.